The number of hydrogen-bond acceptors (Lipinski definition) is 5. The molecule has 1 heterocycles. The van der Waals surface area contributed by atoms with E-state index in [-0.39, 0.29) is 24.3 Å². The molecule has 0 aromatic heterocycles. The summed E-state index contributed by atoms with van der Waals surface area (Å²) in [5.74, 6) is 0.0879. The van der Waals surface area contributed by atoms with E-state index in [1.165, 1.54) is 18.9 Å². The molecule has 1 aliphatic rings. The molecule has 1 aromatic rings. The number of rotatable bonds is 6. The van der Waals surface area contributed by atoms with Crippen LogP contribution >= 0.6 is 23.4 Å². The zero-order valence-corrected chi connectivity index (χ0v) is 15.3. The van der Waals surface area contributed by atoms with Gasteiger partial charge in [-0.15, -0.1) is 0 Å². The van der Waals surface area contributed by atoms with Gasteiger partial charge in [0.15, 0.2) is 5.17 Å². The van der Waals surface area contributed by atoms with Crippen LogP contribution in [0.25, 0.3) is 0 Å². The molecule has 0 saturated carbocycles. The lowest BCUT2D eigenvalue weighted by Gasteiger charge is -2.09. The lowest BCUT2D eigenvalue weighted by molar-refractivity contribution is -0.122. The predicted molar refractivity (Wildman–Crippen MR) is 98.0 cm³/mol. The van der Waals surface area contributed by atoms with Crippen molar-refractivity contribution in [1.82, 2.24) is 5.32 Å². The number of halogens is 1. The van der Waals surface area contributed by atoms with Gasteiger partial charge in [0.2, 0.25) is 11.8 Å². The monoisotopic (exact) mass is 369 g/mol. The highest BCUT2D eigenvalue weighted by Crippen LogP contribution is 2.28. The van der Waals surface area contributed by atoms with Gasteiger partial charge in [0.05, 0.1) is 12.1 Å². The highest BCUT2D eigenvalue weighted by molar-refractivity contribution is 8.15. The zero-order valence-electron chi connectivity index (χ0n) is 13.8. The van der Waals surface area contributed by atoms with Crippen LogP contribution in [0.15, 0.2) is 23.2 Å². The lowest BCUT2D eigenvalue weighted by atomic mass is 10.2. The van der Waals surface area contributed by atoms with Crippen molar-refractivity contribution in [2.24, 2.45) is 4.99 Å². The Hall–Kier alpha value is -1.73. The van der Waals surface area contributed by atoms with Gasteiger partial charge in [-0.2, -0.15) is 0 Å². The summed E-state index contributed by atoms with van der Waals surface area (Å²) in [4.78, 5) is 28.5. The molecule has 0 bridgehead atoms. The average molecular weight is 370 g/mol. The highest BCUT2D eigenvalue weighted by Gasteiger charge is 2.32. The standard InChI is InChI=1S/C16H20ClN3O3S/c1-4-9(2)18-16-20-15(22)13(24-16)8-14(21)19-10-5-6-12(23-3)11(17)7-10/h5-7,9,13H,4,8H2,1-3H3,(H,19,21)(H,18,20,22). The average Bonchev–Trinajstić information content (AvgIpc) is 2.86. The van der Waals surface area contributed by atoms with E-state index < -0.39 is 5.25 Å². The normalized spacial score (nSPS) is 19.9. The summed E-state index contributed by atoms with van der Waals surface area (Å²) in [6.07, 6.45) is 0.961. The van der Waals surface area contributed by atoms with Crippen LogP contribution in [-0.2, 0) is 9.59 Å². The number of methoxy groups -OCH3 is 1. The molecule has 0 aliphatic carbocycles. The van der Waals surface area contributed by atoms with Gasteiger partial charge in [-0.25, -0.2) is 0 Å². The fraction of sp³-hybridized carbons (Fsp3) is 0.438. The number of aliphatic imine (C=N–C) groups is 1. The Morgan fingerprint density at radius 3 is 2.92 bits per heavy atom. The van der Waals surface area contributed by atoms with Gasteiger partial charge in [-0.05, 0) is 31.5 Å². The summed E-state index contributed by atoms with van der Waals surface area (Å²) in [7, 11) is 1.52. The molecule has 2 rings (SSSR count). The van der Waals surface area contributed by atoms with E-state index in [4.69, 9.17) is 16.3 Å². The molecular formula is C16H20ClN3O3S. The van der Waals surface area contributed by atoms with Crippen LogP contribution in [0, 0.1) is 0 Å². The molecule has 1 saturated heterocycles. The molecule has 0 radical (unpaired) electrons. The van der Waals surface area contributed by atoms with Gasteiger partial charge >= 0.3 is 0 Å². The van der Waals surface area contributed by atoms with Crippen LogP contribution < -0.4 is 15.4 Å². The predicted octanol–water partition coefficient (Wildman–Crippen LogP) is 3.06. The third kappa shape index (κ3) is 4.88. The van der Waals surface area contributed by atoms with E-state index in [1.54, 1.807) is 18.2 Å². The Morgan fingerprint density at radius 1 is 1.54 bits per heavy atom. The third-order valence-electron chi connectivity index (χ3n) is 3.51. The molecule has 8 heteroatoms. The summed E-state index contributed by atoms with van der Waals surface area (Å²) in [5.41, 5.74) is 0.558. The van der Waals surface area contributed by atoms with Crippen LogP contribution in [0.4, 0.5) is 5.69 Å². The topological polar surface area (TPSA) is 79.8 Å². The van der Waals surface area contributed by atoms with Crippen molar-refractivity contribution in [2.75, 3.05) is 12.4 Å². The minimum atomic E-state index is -0.471. The molecule has 2 unspecified atom stereocenters. The van der Waals surface area contributed by atoms with Crippen molar-refractivity contribution in [1.29, 1.82) is 0 Å². The first kappa shape index (κ1) is 18.6. The Kier molecular flexibility index (Phi) is 6.51. The molecule has 2 N–H and O–H groups in total. The lowest BCUT2D eigenvalue weighted by Crippen LogP contribution is -2.28. The zero-order chi connectivity index (χ0) is 17.7. The Labute approximate surface area is 150 Å². The maximum absolute atomic E-state index is 12.1. The van der Waals surface area contributed by atoms with E-state index in [0.29, 0.717) is 21.6 Å². The maximum Gasteiger partial charge on any atom is 0.240 e. The number of nitrogens with one attached hydrogen (secondary N) is 2. The summed E-state index contributed by atoms with van der Waals surface area (Å²) >= 11 is 7.32. The third-order valence-corrected chi connectivity index (χ3v) is 4.90. The minimum Gasteiger partial charge on any atom is -0.495 e. The van der Waals surface area contributed by atoms with E-state index in [9.17, 15) is 9.59 Å². The number of anilines is 1. The first-order valence-corrected chi connectivity index (χ1v) is 8.87. The van der Waals surface area contributed by atoms with Gasteiger partial charge in [0, 0.05) is 18.2 Å². The minimum absolute atomic E-state index is 0.0691. The molecule has 2 atom stereocenters. The first-order valence-electron chi connectivity index (χ1n) is 7.61. The SMILES string of the molecule is CCC(C)N=C1NC(=O)C(CC(=O)Nc2ccc(OC)c(Cl)c2)S1. The van der Waals surface area contributed by atoms with Crippen LogP contribution in [0.3, 0.4) is 0 Å². The Morgan fingerprint density at radius 2 is 2.29 bits per heavy atom. The van der Waals surface area contributed by atoms with Gasteiger partial charge in [0.1, 0.15) is 11.0 Å². The van der Waals surface area contributed by atoms with Crippen LogP contribution in [0.2, 0.25) is 5.02 Å². The Bertz CT molecular complexity index is 666. The number of amidine groups is 1. The van der Waals surface area contributed by atoms with E-state index >= 15 is 0 Å². The van der Waals surface area contributed by atoms with Crippen molar-refractivity contribution < 1.29 is 14.3 Å². The van der Waals surface area contributed by atoms with Gasteiger partial charge in [0.25, 0.3) is 0 Å². The maximum atomic E-state index is 12.1. The first-order chi connectivity index (χ1) is 11.4. The van der Waals surface area contributed by atoms with E-state index in [1.807, 2.05) is 13.8 Å². The summed E-state index contributed by atoms with van der Waals surface area (Å²) in [6, 6.07) is 5.11. The number of nitrogens with zero attached hydrogens (tertiary/aromatic N) is 1. The van der Waals surface area contributed by atoms with Crippen LogP contribution in [0.1, 0.15) is 26.7 Å². The van der Waals surface area contributed by atoms with Crippen LogP contribution in [-0.4, -0.2) is 35.4 Å². The summed E-state index contributed by atoms with van der Waals surface area (Å²) in [5, 5.41) is 5.98. The molecule has 2 amide bonds. The van der Waals surface area contributed by atoms with E-state index in [2.05, 4.69) is 15.6 Å². The quantitative estimate of drug-likeness (QED) is 0.807. The number of amides is 2. The fourth-order valence-electron chi connectivity index (χ4n) is 2.02. The van der Waals surface area contributed by atoms with Crippen molar-refractivity contribution in [3.05, 3.63) is 23.2 Å². The number of carbonyl (C=O) groups is 2. The fourth-order valence-corrected chi connectivity index (χ4v) is 3.34. The molecule has 130 valence electrons. The number of thioether (sulfide) groups is 1. The number of benzene rings is 1. The molecule has 0 spiro atoms. The van der Waals surface area contributed by atoms with E-state index in [0.717, 1.165) is 6.42 Å². The second kappa shape index (κ2) is 8.39. The van der Waals surface area contributed by atoms with Crippen molar-refractivity contribution >= 4 is 46.0 Å². The number of carbonyl (C=O) groups excluding carboxylic acids is 2. The highest BCUT2D eigenvalue weighted by atomic mass is 35.5. The molecule has 1 fully saturated rings. The van der Waals surface area contributed by atoms with Crippen LogP contribution in [0.5, 0.6) is 5.75 Å². The van der Waals surface area contributed by atoms with Gasteiger partial charge in [-0.3, -0.25) is 14.6 Å². The van der Waals surface area contributed by atoms with Crippen molar-refractivity contribution in [3.63, 3.8) is 0 Å². The molecule has 6 nitrogen and oxygen atoms in total. The largest absolute Gasteiger partial charge is 0.495 e. The van der Waals surface area contributed by atoms with Crippen molar-refractivity contribution in [2.45, 2.75) is 38.0 Å². The number of ether oxygens (including phenoxy) is 1. The molecule has 24 heavy (non-hydrogen) atoms. The molecule has 1 aromatic carbocycles. The second-order valence-corrected chi connectivity index (χ2v) is 6.99. The van der Waals surface area contributed by atoms with Gasteiger partial charge in [-0.1, -0.05) is 30.3 Å². The smallest absolute Gasteiger partial charge is 0.240 e. The molecule has 1 aliphatic heterocycles. The van der Waals surface area contributed by atoms with Crippen molar-refractivity contribution in [3.8, 4) is 5.75 Å². The second-order valence-electron chi connectivity index (χ2n) is 5.39. The number of hydrogen-bond donors (Lipinski definition) is 2. The molecular weight excluding hydrogens is 350 g/mol. The Balaban J connectivity index is 1.94. The summed E-state index contributed by atoms with van der Waals surface area (Å²) in [6.45, 7) is 4.01. The van der Waals surface area contributed by atoms with Gasteiger partial charge < -0.3 is 15.4 Å². The summed E-state index contributed by atoms with van der Waals surface area (Å²) < 4.78 is 5.07.